The molecular weight excluding hydrogens is 341 g/mol. The van der Waals surface area contributed by atoms with Crippen molar-refractivity contribution in [1.29, 1.82) is 0 Å². The number of carbonyl (C=O) groups is 1. The maximum absolute atomic E-state index is 13.2. The zero-order chi connectivity index (χ0) is 18.5. The smallest absolute Gasteiger partial charge is 0.254 e. The molecule has 5 rings (SSSR count). The van der Waals surface area contributed by atoms with E-state index in [0.29, 0.717) is 5.92 Å². The fourth-order valence-electron chi connectivity index (χ4n) is 4.93. The van der Waals surface area contributed by atoms with E-state index < -0.39 is 0 Å². The van der Waals surface area contributed by atoms with Crippen LogP contribution in [0.2, 0.25) is 0 Å². The lowest BCUT2D eigenvalue weighted by molar-refractivity contribution is 0.0571. The van der Waals surface area contributed by atoms with Crippen molar-refractivity contribution >= 4 is 16.9 Å². The van der Waals surface area contributed by atoms with Crippen LogP contribution in [0.1, 0.15) is 47.5 Å². The fourth-order valence-corrected chi connectivity index (χ4v) is 4.93. The van der Waals surface area contributed by atoms with E-state index in [1.54, 1.807) is 6.33 Å². The van der Waals surface area contributed by atoms with Crippen LogP contribution in [0.5, 0.6) is 0 Å². The van der Waals surface area contributed by atoms with E-state index in [1.165, 1.54) is 17.7 Å². The summed E-state index contributed by atoms with van der Waals surface area (Å²) in [6, 6.07) is 13.2. The topological polar surface area (TPSA) is 38.1 Å². The molecule has 0 aliphatic carbocycles. The molecule has 0 spiro atoms. The number of aromatic nitrogens is 2. The first-order valence-electron chi connectivity index (χ1n) is 9.59. The van der Waals surface area contributed by atoms with Crippen molar-refractivity contribution in [2.75, 3.05) is 0 Å². The van der Waals surface area contributed by atoms with Gasteiger partial charge in [-0.1, -0.05) is 12.1 Å². The van der Waals surface area contributed by atoms with Crippen LogP contribution in [-0.2, 0) is 7.05 Å². The molecule has 2 bridgehead atoms. The largest absolute Gasteiger partial charge is 0.334 e. The minimum absolute atomic E-state index is 0.118. The Labute approximate surface area is 157 Å². The van der Waals surface area contributed by atoms with Gasteiger partial charge >= 0.3 is 0 Å². The highest BCUT2D eigenvalue weighted by Gasteiger charge is 2.43. The van der Waals surface area contributed by atoms with Gasteiger partial charge in [0.05, 0.1) is 17.4 Å². The summed E-state index contributed by atoms with van der Waals surface area (Å²) in [5.41, 5.74) is 3.80. The van der Waals surface area contributed by atoms with Gasteiger partial charge in [0.25, 0.3) is 5.91 Å². The lowest BCUT2D eigenvalue weighted by Crippen LogP contribution is -2.46. The van der Waals surface area contributed by atoms with Gasteiger partial charge in [0.2, 0.25) is 0 Å². The Kier molecular flexibility index (Phi) is 3.78. The van der Waals surface area contributed by atoms with E-state index in [2.05, 4.69) is 9.88 Å². The summed E-state index contributed by atoms with van der Waals surface area (Å²) in [4.78, 5) is 19.7. The minimum atomic E-state index is -0.195. The lowest BCUT2D eigenvalue weighted by atomic mass is 9.85. The molecule has 0 radical (unpaired) electrons. The second-order valence-corrected chi connectivity index (χ2v) is 7.88. The number of amides is 1. The molecule has 2 fully saturated rings. The van der Waals surface area contributed by atoms with Gasteiger partial charge in [0, 0.05) is 24.7 Å². The average Bonchev–Trinajstić information content (AvgIpc) is 3.18. The molecule has 138 valence electrons. The Bertz CT molecular complexity index is 996. The van der Waals surface area contributed by atoms with E-state index in [4.69, 9.17) is 0 Å². The number of carbonyl (C=O) groups excluding carboxylic acids is 1. The molecule has 2 aliphatic rings. The van der Waals surface area contributed by atoms with Crippen molar-refractivity contribution in [3.05, 3.63) is 65.7 Å². The molecule has 2 aromatic carbocycles. The summed E-state index contributed by atoms with van der Waals surface area (Å²) in [6.07, 6.45) is 5.80. The van der Waals surface area contributed by atoms with Crippen molar-refractivity contribution < 1.29 is 9.18 Å². The normalized spacial score (nSPS) is 24.5. The first kappa shape index (κ1) is 16.5. The van der Waals surface area contributed by atoms with Crippen molar-refractivity contribution in [2.24, 2.45) is 7.05 Å². The molecule has 3 atom stereocenters. The molecule has 1 amide bonds. The number of imidazole rings is 1. The fraction of sp³-hybridized carbons (Fsp3) is 0.364. The van der Waals surface area contributed by atoms with E-state index in [9.17, 15) is 9.18 Å². The molecule has 3 aromatic rings. The van der Waals surface area contributed by atoms with Gasteiger partial charge in [-0.2, -0.15) is 0 Å². The maximum atomic E-state index is 13.2. The van der Waals surface area contributed by atoms with Crippen molar-refractivity contribution in [3.8, 4) is 0 Å². The van der Waals surface area contributed by atoms with Crippen molar-refractivity contribution in [2.45, 2.75) is 43.7 Å². The van der Waals surface area contributed by atoms with Gasteiger partial charge in [0.1, 0.15) is 5.82 Å². The predicted molar refractivity (Wildman–Crippen MR) is 102 cm³/mol. The number of piperidine rings is 1. The molecule has 2 aliphatic heterocycles. The third kappa shape index (κ3) is 2.73. The van der Waals surface area contributed by atoms with E-state index in [1.807, 2.05) is 41.9 Å². The average molecular weight is 363 g/mol. The van der Waals surface area contributed by atoms with Gasteiger partial charge in [-0.25, -0.2) is 9.37 Å². The minimum Gasteiger partial charge on any atom is -0.334 e. The summed E-state index contributed by atoms with van der Waals surface area (Å²) in [5, 5.41) is 0. The van der Waals surface area contributed by atoms with E-state index in [0.717, 1.165) is 42.3 Å². The number of rotatable bonds is 2. The lowest BCUT2D eigenvalue weighted by Gasteiger charge is -2.39. The van der Waals surface area contributed by atoms with E-state index in [-0.39, 0.29) is 23.8 Å². The van der Waals surface area contributed by atoms with Crippen LogP contribution >= 0.6 is 0 Å². The third-order valence-corrected chi connectivity index (χ3v) is 6.28. The van der Waals surface area contributed by atoms with Gasteiger partial charge < -0.3 is 9.47 Å². The summed E-state index contributed by atoms with van der Waals surface area (Å²) in [6.45, 7) is 0. The number of benzene rings is 2. The summed E-state index contributed by atoms with van der Waals surface area (Å²) in [5.74, 6) is 0.331. The predicted octanol–water partition coefficient (Wildman–Crippen LogP) is 4.26. The molecule has 2 saturated heterocycles. The number of aryl methyl sites for hydroxylation is 1. The number of halogens is 1. The summed E-state index contributed by atoms with van der Waals surface area (Å²) >= 11 is 0. The molecule has 0 N–H and O–H groups in total. The van der Waals surface area contributed by atoms with Crippen LogP contribution in [-0.4, -0.2) is 32.4 Å². The quantitative estimate of drug-likeness (QED) is 0.682. The number of hydrogen-bond donors (Lipinski definition) is 0. The van der Waals surface area contributed by atoms with Crippen LogP contribution in [0.25, 0.3) is 11.0 Å². The monoisotopic (exact) mass is 363 g/mol. The molecular formula is C22H22FN3O. The Morgan fingerprint density at radius 1 is 1.07 bits per heavy atom. The summed E-state index contributed by atoms with van der Waals surface area (Å²) < 4.78 is 15.2. The third-order valence-electron chi connectivity index (χ3n) is 6.28. The SMILES string of the molecule is Cn1cnc2cc(C(=O)N3[C@@H]4CC[C@H]3CC(c3ccc(F)cc3)C4)ccc21. The number of hydrogen-bond acceptors (Lipinski definition) is 2. The maximum Gasteiger partial charge on any atom is 0.254 e. The molecule has 3 heterocycles. The summed E-state index contributed by atoms with van der Waals surface area (Å²) in [7, 11) is 1.96. The van der Waals surface area contributed by atoms with Gasteiger partial charge in [-0.15, -0.1) is 0 Å². The molecule has 4 nitrogen and oxygen atoms in total. The molecule has 5 heteroatoms. The van der Waals surface area contributed by atoms with Crippen LogP contribution < -0.4 is 0 Å². The highest BCUT2D eigenvalue weighted by atomic mass is 19.1. The number of fused-ring (bicyclic) bond motifs is 3. The zero-order valence-corrected chi connectivity index (χ0v) is 15.3. The van der Waals surface area contributed by atoms with E-state index >= 15 is 0 Å². The Balaban J connectivity index is 1.39. The van der Waals surface area contributed by atoms with Crippen LogP contribution in [0.15, 0.2) is 48.8 Å². The van der Waals surface area contributed by atoms with Crippen LogP contribution in [0.3, 0.4) is 0 Å². The van der Waals surface area contributed by atoms with Crippen molar-refractivity contribution in [3.63, 3.8) is 0 Å². The molecule has 1 unspecified atom stereocenters. The first-order chi connectivity index (χ1) is 13.1. The van der Waals surface area contributed by atoms with Gasteiger partial charge in [-0.05, 0) is 67.5 Å². The standard InChI is InChI=1S/C22H22FN3O/c1-25-13-24-20-12-15(4-9-21(20)25)22(27)26-18-7-8-19(26)11-16(10-18)14-2-5-17(23)6-3-14/h2-6,9,12-13,16,18-19H,7-8,10-11H2,1H3/t16?,18-,19+. The Morgan fingerprint density at radius 3 is 2.48 bits per heavy atom. The van der Waals surface area contributed by atoms with Gasteiger partial charge in [0.15, 0.2) is 0 Å². The van der Waals surface area contributed by atoms with Crippen LogP contribution in [0.4, 0.5) is 4.39 Å². The second-order valence-electron chi connectivity index (χ2n) is 7.88. The highest BCUT2D eigenvalue weighted by molar-refractivity contribution is 5.98. The molecule has 0 saturated carbocycles. The van der Waals surface area contributed by atoms with Crippen molar-refractivity contribution in [1.82, 2.24) is 14.5 Å². The Hall–Kier alpha value is -2.69. The first-order valence-corrected chi connectivity index (χ1v) is 9.59. The zero-order valence-electron chi connectivity index (χ0n) is 15.3. The molecule has 1 aromatic heterocycles. The van der Waals surface area contributed by atoms with Crippen LogP contribution in [0, 0.1) is 5.82 Å². The molecule has 27 heavy (non-hydrogen) atoms. The second kappa shape index (κ2) is 6.19. The highest BCUT2D eigenvalue weighted by Crippen LogP contribution is 2.43. The number of nitrogens with zero attached hydrogens (tertiary/aromatic N) is 3. The van der Waals surface area contributed by atoms with Gasteiger partial charge in [-0.3, -0.25) is 4.79 Å². The Morgan fingerprint density at radius 2 is 1.78 bits per heavy atom.